The Bertz CT molecular complexity index is 855. The predicted molar refractivity (Wildman–Crippen MR) is 97.1 cm³/mol. The number of carbonyl (C=O) groups is 1. The zero-order chi connectivity index (χ0) is 18.5. The molecule has 1 aliphatic rings. The normalized spacial score (nSPS) is 13.8. The minimum absolute atomic E-state index is 0.0481. The van der Waals surface area contributed by atoms with Crippen molar-refractivity contribution >= 4 is 11.7 Å². The minimum atomic E-state index is -0.286. The van der Waals surface area contributed by atoms with Gasteiger partial charge in [0.05, 0.1) is 5.69 Å². The first-order chi connectivity index (χ1) is 12.6. The van der Waals surface area contributed by atoms with E-state index in [1.807, 2.05) is 11.8 Å². The lowest BCUT2D eigenvalue weighted by Gasteiger charge is -2.19. The second-order valence-corrected chi connectivity index (χ2v) is 6.27. The summed E-state index contributed by atoms with van der Waals surface area (Å²) in [6.45, 7) is 7.48. The summed E-state index contributed by atoms with van der Waals surface area (Å²) in [6.07, 6.45) is 3.91. The average molecular weight is 357 g/mol. The summed E-state index contributed by atoms with van der Waals surface area (Å²) in [4.78, 5) is 34.5. The highest BCUT2D eigenvalue weighted by Crippen LogP contribution is 2.22. The molecule has 0 fully saturated rings. The molecule has 26 heavy (non-hydrogen) atoms. The Morgan fingerprint density at radius 1 is 1.42 bits per heavy atom. The van der Waals surface area contributed by atoms with Crippen molar-refractivity contribution in [3.8, 4) is 0 Å². The summed E-state index contributed by atoms with van der Waals surface area (Å²) < 4.78 is 5.00. The van der Waals surface area contributed by atoms with Gasteiger partial charge in [0.1, 0.15) is 17.4 Å². The van der Waals surface area contributed by atoms with E-state index in [2.05, 4.69) is 27.0 Å². The minimum Gasteiger partial charge on any atom is -0.384 e. The number of aromatic nitrogens is 3. The molecule has 1 aliphatic heterocycles. The van der Waals surface area contributed by atoms with Crippen molar-refractivity contribution in [3.05, 3.63) is 51.9 Å². The zero-order valence-electron chi connectivity index (χ0n) is 14.9. The summed E-state index contributed by atoms with van der Waals surface area (Å²) in [6, 6.07) is 1.38. The smallest absolute Gasteiger partial charge is 0.280 e. The number of carbonyl (C=O) groups excluding carboxylic acids is 1. The molecule has 3 heterocycles. The van der Waals surface area contributed by atoms with Gasteiger partial charge >= 0.3 is 0 Å². The second-order valence-electron chi connectivity index (χ2n) is 6.27. The maximum Gasteiger partial charge on any atom is 0.280 e. The number of fused-ring (bicyclic) bond motifs is 1. The SMILES string of the molecule is C=CCNc1nc(C)nc2c1CCN(C(=O)CCc1cc(=O)[nH]o1)CC2. The van der Waals surface area contributed by atoms with Crippen molar-refractivity contribution in [2.75, 3.05) is 25.0 Å². The van der Waals surface area contributed by atoms with Gasteiger partial charge in [0.2, 0.25) is 5.91 Å². The van der Waals surface area contributed by atoms with Gasteiger partial charge < -0.3 is 14.7 Å². The van der Waals surface area contributed by atoms with Crippen molar-refractivity contribution in [2.45, 2.75) is 32.6 Å². The molecule has 0 aromatic carbocycles. The zero-order valence-corrected chi connectivity index (χ0v) is 14.9. The summed E-state index contributed by atoms with van der Waals surface area (Å²) in [5.74, 6) is 2.10. The molecule has 8 heteroatoms. The van der Waals surface area contributed by atoms with E-state index in [9.17, 15) is 9.59 Å². The number of aromatic amines is 1. The fourth-order valence-electron chi connectivity index (χ4n) is 3.12. The van der Waals surface area contributed by atoms with Crippen LogP contribution in [-0.2, 0) is 24.1 Å². The predicted octanol–water partition coefficient (Wildman–Crippen LogP) is 1.22. The summed E-state index contributed by atoms with van der Waals surface area (Å²) in [5.41, 5.74) is 1.78. The van der Waals surface area contributed by atoms with Gasteiger partial charge in [-0.15, -0.1) is 6.58 Å². The van der Waals surface area contributed by atoms with Crippen LogP contribution >= 0.6 is 0 Å². The molecular weight excluding hydrogens is 334 g/mol. The molecule has 2 aromatic heterocycles. The first-order valence-electron chi connectivity index (χ1n) is 8.73. The highest BCUT2D eigenvalue weighted by molar-refractivity contribution is 5.76. The van der Waals surface area contributed by atoms with Crippen LogP contribution in [0.15, 0.2) is 28.0 Å². The Balaban J connectivity index is 1.66. The fraction of sp³-hybridized carbons (Fsp3) is 0.444. The first kappa shape index (κ1) is 17.9. The maximum absolute atomic E-state index is 12.5. The highest BCUT2D eigenvalue weighted by atomic mass is 16.5. The van der Waals surface area contributed by atoms with E-state index in [0.29, 0.717) is 51.1 Å². The Morgan fingerprint density at radius 2 is 2.23 bits per heavy atom. The third-order valence-electron chi connectivity index (χ3n) is 4.38. The molecule has 0 atom stereocenters. The highest BCUT2D eigenvalue weighted by Gasteiger charge is 2.22. The molecule has 0 spiro atoms. The van der Waals surface area contributed by atoms with Crippen LogP contribution in [0.25, 0.3) is 0 Å². The number of nitrogens with one attached hydrogen (secondary N) is 2. The van der Waals surface area contributed by atoms with Gasteiger partial charge in [-0.3, -0.25) is 9.59 Å². The van der Waals surface area contributed by atoms with E-state index in [4.69, 9.17) is 4.52 Å². The van der Waals surface area contributed by atoms with Crippen LogP contribution in [0.4, 0.5) is 5.82 Å². The van der Waals surface area contributed by atoms with E-state index >= 15 is 0 Å². The van der Waals surface area contributed by atoms with Crippen LogP contribution in [0.3, 0.4) is 0 Å². The third kappa shape index (κ3) is 4.19. The Morgan fingerprint density at radius 3 is 2.96 bits per heavy atom. The maximum atomic E-state index is 12.5. The second kappa shape index (κ2) is 7.99. The lowest BCUT2D eigenvalue weighted by molar-refractivity contribution is -0.131. The van der Waals surface area contributed by atoms with Gasteiger partial charge in [0.15, 0.2) is 0 Å². The topological polar surface area (TPSA) is 104 Å². The number of anilines is 1. The quantitative estimate of drug-likeness (QED) is 0.754. The molecule has 2 N–H and O–H groups in total. The lowest BCUT2D eigenvalue weighted by atomic mass is 10.1. The van der Waals surface area contributed by atoms with Crippen molar-refractivity contribution in [1.29, 1.82) is 0 Å². The van der Waals surface area contributed by atoms with Crippen molar-refractivity contribution in [3.63, 3.8) is 0 Å². The molecule has 0 saturated carbocycles. The van der Waals surface area contributed by atoms with Crippen LogP contribution in [0, 0.1) is 6.92 Å². The van der Waals surface area contributed by atoms with E-state index in [0.717, 1.165) is 22.9 Å². The van der Waals surface area contributed by atoms with Gasteiger partial charge in [-0.25, -0.2) is 9.97 Å². The number of aryl methyl sites for hydroxylation is 2. The molecule has 3 rings (SSSR count). The van der Waals surface area contributed by atoms with Gasteiger partial charge in [0.25, 0.3) is 5.56 Å². The largest absolute Gasteiger partial charge is 0.384 e. The number of hydrogen-bond acceptors (Lipinski definition) is 6. The summed E-state index contributed by atoms with van der Waals surface area (Å²) in [7, 11) is 0. The van der Waals surface area contributed by atoms with Crippen molar-refractivity contribution < 1.29 is 9.32 Å². The average Bonchev–Trinajstić information content (AvgIpc) is 2.91. The van der Waals surface area contributed by atoms with E-state index in [-0.39, 0.29) is 11.5 Å². The number of nitrogens with zero attached hydrogens (tertiary/aromatic N) is 3. The third-order valence-corrected chi connectivity index (χ3v) is 4.38. The van der Waals surface area contributed by atoms with Gasteiger partial charge in [-0.2, -0.15) is 5.16 Å². The molecule has 0 aliphatic carbocycles. The molecule has 0 saturated heterocycles. The lowest BCUT2D eigenvalue weighted by Crippen LogP contribution is -2.33. The molecule has 138 valence electrons. The van der Waals surface area contributed by atoms with Gasteiger partial charge in [0, 0.05) is 50.5 Å². The molecule has 0 radical (unpaired) electrons. The molecule has 1 amide bonds. The Kier molecular flexibility index (Phi) is 5.50. The Labute approximate surface area is 151 Å². The van der Waals surface area contributed by atoms with E-state index in [1.54, 1.807) is 6.08 Å². The van der Waals surface area contributed by atoms with Crippen molar-refractivity contribution in [1.82, 2.24) is 20.0 Å². The Hall–Kier alpha value is -2.90. The monoisotopic (exact) mass is 357 g/mol. The number of H-pyrrole nitrogens is 1. The fourth-order valence-corrected chi connectivity index (χ4v) is 3.12. The van der Waals surface area contributed by atoms with Crippen LogP contribution in [-0.4, -0.2) is 45.6 Å². The molecule has 8 nitrogen and oxygen atoms in total. The summed E-state index contributed by atoms with van der Waals surface area (Å²) >= 11 is 0. The van der Waals surface area contributed by atoms with E-state index in [1.165, 1.54) is 6.07 Å². The van der Waals surface area contributed by atoms with Crippen molar-refractivity contribution in [2.24, 2.45) is 0 Å². The standard InChI is InChI=1S/C18H23N5O3/c1-3-8-19-18-14-6-9-23(10-7-15(14)20-12(2)21-18)17(25)5-4-13-11-16(24)22-26-13/h3,11H,1,4-10H2,2H3,(H,22,24)(H,19,20,21). The molecule has 0 bridgehead atoms. The molecular formula is C18H23N5O3. The molecule has 0 unspecified atom stereocenters. The number of rotatable bonds is 6. The van der Waals surface area contributed by atoms with Crippen LogP contribution < -0.4 is 10.9 Å². The molecule has 2 aromatic rings. The number of amides is 1. The van der Waals surface area contributed by atoms with Crippen LogP contribution in [0.2, 0.25) is 0 Å². The van der Waals surface area contributed by atoms with E-state index < -0.39 is 0 Å². The van der Waals surface area contributed by atoms with Gasteiger partial charge in [-0.05, 0) is 13.3 Å². The van der Waals surface area contributed by atoms with Gasteiger partial charge in [-0.1, -0.05) is 6.08 Å². The first-order valence-corrected chi connectivity index (χ1v) is 8.73. The van der Waals surface area contributed by atoms with Crippen LogP contribution in [0.1, 0.15) is 29.3 Å². The van der Waals surface area contributed by atoms with Crippen LogP contribution in [0.5, 0.6) is 0 Å². The number of hydrogen-bond donors (Lipinski definition) is 2. The summed E-state index contributed by atoms with van der Waals surface area (Å²) in [5, 5.41) is 5.50.